The summed E-state index contributed by atoms with van der Waals surface area (Å²) in [6, 6.07) is 10.9. The third-order valence-corrected chi connectivity index (χ3v) is 3.67. The van der Waals surface area contributed by atoms with Crippen molar-refractivity contribution in [3.8, 4) is 5.75 Å². The standard InChI is InChI=1S/C16H15ClN2O2/c1-2-11-7-10(8-15(17)18-11)16(20)19-13-9-21-14-6-4-3-5-12(13)14/h3-8,13H,2,9H2,1H3,(H,19,20). The molecule has 1 aliphatic heterocycles. The number of para-hydroxylation sites is 1. The molecule has 1 amide bonds. The number of hydrogen-bond acceptors (Lipinski definition) is 3. The third-order valence-electron chi connectivity index (χ3n) is 3.48. The molecule has 1 atom stereocenters. The van der Waals surface area contributed by atoms with E-state index in [1.165, 1.54) is 0 Å². The minimum atomic E-state index is -0.167. The lowest BCUT2D eigenvalue weighted by atomic mass is 10.1. The second kappa shape index (κ2) is 5.74. The second-order valence-electron chi connectivity index (χ2n) is 4.90. The summed E-state index contributed by atoms with van der Waals surface area (Å²) >= 11 is 5.95. The number of nitrogens with one attached hydrogen (secondary N) is 1. The van der Waals surface area contributed by atoms with E-state index in [2.05, 4.69) is 10.3 Å². The van der Waals surface area contributed by atoms with E-state index in [4.69, 9.17) is 16.3 Å². The van der Waals surface area contributed by atoms with E-state index in [1.807, 2.05) is 31.2 Å². The van der Waals surface area contributed by atoms with Crippen molar-refractivity contribution in [3.63, 3.8) is 0 Å². The Kier molecular flexibility index (Phi) is 3.80. The van der Waals surface area contributed by atoms with E-state index in [0.29, 0.717) is 17.3 Å². The zero-order valence-corrected chi connectivity index (χ0v) is 12.4. The van der Waals surface area contributed by atoms with Gasteiger partial charge in [-0.3, -0.25) is 4.79 Å². The third kappa shape index (κ3) is 2.85. The van der Waals surface area contributed by atoms with Crippen molar-refractivity contribution >= 4 is 17.5 Å². The van der Waals surface area contributed by atoms with Crippen molar-refractivity contribution in [2.45, 2.75) is 19.4 Å². The summed E-state index contributed by atoms with van der Waals surface area (Å²) in [4.78, 5) is 16.5. The maximum atomic E-state index is 12.4. The quantitative estimate of drug-likeness (QED) is 0.886. The lowest BCUT2D eigenvalue weighted by Gasteiger charge is -2.12. The molecule has 2 heterocycles. The first-order chi connectivity index (χ1) is 10.2. The fraction of sp³-hybridized carbons (Fsp3) is 0.250. The number of ether oxygens (including phenoxy) is 1. The van der Waals surface area contributed by atoms with Gasteiger partial charge in [0.25, 0.3) is 5.91 Å². The van der Waals surface area contributed by atoms with Crippen LogP contribution in [0.25, 0.3) is 0 Å². The number of aryl methyl sites for hydroxylation is 1. The Labute approximate surface area is 128 Å². The fourth-order valence-electron chi connectivity index (χ4n) is 2.39. The highest BCUT2D eigenvalue weighted by Gasteiger charge is 2.25. The minimum Gasteiger partial charge on any atom is -0.491 e. The zero-order chi connectivity index (χ0) is 14.8. The van der Waals surface area contributed by atoms with Crippen molar-refractivity contribution in [2.75, 3.05) is 6.61 Å². The van der Waals surface area contributed by atoms with Crippen LogP contribution in [0.4, 0.5) is 0 Å². The van der Waals surface area contributed by atoms with Crippen LogP contribution in [0.5, 0.6) is 5.75 Å². The highest BCUT2D eigenvalue weighted by atomic mass is 35.5. The lowest BCUT2D eigenvalue weighted by Crippen LogP contribution is -2.29. The van der Waals surface area contributed by atoms with Crippen molar-refractivity contribution in [1.29, 1.82) is 0 Å². The zero-order valence-electron chi connectivity index (χ0n) is 11.6. The number of amides is 1. The number of fused-ring (bicyclic) bond motifs is 1. The molecule has 0 bridgehead atoms. The molecule has 1 aromatic carbocycles. The van der Waals surface area contributed by atoms with Crippen molar-refractivity contribution in [1.82, 2.24) is 10.3 Å². The summed E-state index contributed by atoms with van der Waals surface area (Å²) in [5.41, 5.74) is 2.33. The number of carbonyl (C=O) groups is 1. The van der Waals surface area contributed by atoms with Crippen LogP contribution >= 0.6 is 11.6 Å². The van der Waals surface area contributed by atoms with Gasteiger partial charge in [0, 0.05) is 16.8 Å². The first-order valence-electron chi connectivity index (χ1n) is 6.86. The molecule has 3 rings (SSSR count). The van der Waals surface area contributed by atoms with Gasteiger partial charge >= 0.3 is 0 Å². The van der Waals surface area contributed by atoms with Crippen LogP contribution in [0.1, 0.15) is 34.6 Å². The summed E-state index contributed by atoms with van der Waals surface area (Å²) < 4.78 is 5.56. The Hall–Kier alpha value is -2.07. The smallest absolute Gasteiger partial charge is 0.252 e. The molecule has 1 aromatic heterocycles. The van der Waals surface area contributed by atoms with Crippen LogP contribution in [0, 0.1) is 0 Å². The minimum absolute atomic E-state index is 0.134. The van der Waals surface area contributed by atoms with Crippen LogP contribution in [0.3, 0.4) is 0 Å². The Morgan fingerprint density at radius 1 is 1.43 bits per heavy atom. The molecule has 0 saturated heterocycles. The predicted octanol–water partition coefficient (Wildman–Crippen LogP) is 3.16. The highest BCUT2D eigenvalue weighted by molar-refractivity contribution is 6.29. The molecule has 0 fully saturated rings. The molecule has 4 nitrogen and oxygen atoms in total. The van der Waals surface area contributed by atoms with E-state index < -0.39 is 0 Å². The molecule has 0 saturated carbocycles. The van der Waals surface area contributed by atoms with Crippen molar-refractivity contribution in [2.24, 2.45) is 0 Å². The molecule has 0 spiro atoms. The fourth-order valence-corrected chi connectivity index (χ4v) is 2.61. The lowest BCUT2D eigenvalue weighted by molar-refractivity contribution is 0.0930. The molecular weight excluding hydrogens is 288 g/mol. The summed E-state index contributed by atoms with van der Waals surface area (Å²) in [5.74, 6) is 0.657. The number of halogens is 1. The van der Waals surface area contributed by atoms with Gasteiger partial charge in [-0.15, -0.1) is 0 Å². The maximum absolute atomic E-state index is 12.4. The molecule has 5 heteroatoms. The van der Waals surface area contributed by atoms with E-state index in [-0.39, 0.29) is 11.9 Å². The predicted molar refractivity (Wildman–Crippen MR) is 80.8 cm³/mol. The summed E-state index contributed by atoms with van der Waals surface area (Å²) in [6.45, 7) is 2.42. The Bertz CT molecular complexity index is 688. The molecule has 1 unspecified atom stereocenters. The summed E-state index contributed by atoms with van der Waals surface area (Å²) in [6.07, 6.45) is 0.732. The molecule has 21 heavy (non-hydrogen) atoms. The van der Waals surface area contributed by atoms with Gasteiger partial charge in [0.2, 0.25) is 0 Å². The van der Waals surface area contributed by atoms with Gasteiger partial charge in [-0.25, -0.2) is 4.98 Å². The molecule has 108 valence electrons. The molecule has 0 radical (unpaired) electrons. The molecule has 0 aliphatic carbocycles. The van der Waals surface area contributed by atoms with E-state index in [0.717, 1.165) is 23.4 Å². The van der Waals surface area contributed by atoms with Gasteiger partial charge in [0.05, 0.1) is 6.04 Å². The maximum Gasteiger partial charge on any atom is 0.252 e. The van der Waals surface area contributed by atoms with Gasteiger partial charge in [-0.05, 0) is 24.6 Å². The van der Waals surface area contributed by atoms with Gasteiger partial charge < -0.3 is 10.1 Å². The van der Waals surface area contributed by atoms with Crippen LogP contribution in [0.15, 0.2) is 36.4 Å². The number of pyridine rings is 1. The van der Waals surface area contributed by atoms with Gasteiger partial charge in [0.15, 0.2) is 0 Å². The van der Waals surface area contributed by atoms with Gasteiger partial charge in [-0.2, -0.15) is 0 Å². The molecule has 2 aromatic rings. The average molecular weight is 303 g/mol. The van der Waals surface area contributed by atoms with Gasteiger partial charge in [0.1, 0.15) is 17.5 Å². The number of hydrogen-bond donors (Lipinski definition) is 1. The summed E-state index contributed by atoms with van der Waals surface area (Å²) in [5, 5.41) is 3.32. The van der Waals surface area contributed by atoms with E-state index >= 15 is 0 Å². The summed E-state index contributed by atoms with van der Waals surface area (Å²) in [7, 11) is 0. The van der Waals surface area contributed by atoms with E-state index in [1.54, 1.807) is 12.1 Å². The van der Waals surface area contributed by atoms with Crippen LogP contribution < -0.4 is 10.1 Å². The SMILES string of the molecule is CCc1cc(C(=O)NC2COc3ccccc32)cc(Cl)n1. The number of carbonyl (C=O) groups excluding carboxylic acids is 1. The number of aromatic nitrogens is 1. The van der Waals surface area contributed by atoms with Crippen LogP contribution in [-0.4, -0.2) is 17.5 Å². The Morgan fingerprint density at radius 3 is 3.05 bits per heavy atom. The second-order valence-corrected chi connectivity index (χ2v) is 5.29. The molecule has 1 aliphatic rings. The number of benzene rings is 1. The first kappa shape index (κ1) is 13.9. The van der Waals surface area contributed by atoms with E-state index in [9.17, 15) is 4.79 Å². The average Bonchev–Trinajstić information content (AvgIpc) is 2.90. The Balaban J connectivity index is 1.80. The first-order valence-corrected chi connectivity index (χ1v) is 7.24. The largest absolute Gasteiger partial charge is 0.491 e. The number of rotatable bonds is 3. The van der Waals surface area contributed by atoms with Gasteiger partial charge in [-0.1, -0.05) is 36.7 Å². The Morgan fingerprint density at radius 2 is 2.24 bits per heavy atom. The monoisotopic (exact) mass is 302 g/mol. The van der Waals surface area contributed by atoms with Crippen LogP contribution in [0.2, 0.25) is 5.15 Å². The molecular formula is C16H15ClN2O2. The molecule has 1 N–H and O–H groups in total. The van der Waals surface area contributed by atoms with Crippen molar-refractivity contribution in [3.05, 3.63) is 58.4 Å². The number of nitrogens with zero attached hydrogens (tertiary/aromatic N) is 1. The van der Waals surface area contributed by atoms with Crippen LogP contribution in [-0.2, 0) is 6.42 Å². The van der Waals surface area contributed by atoms with Crippen molar-refractivity contribution < 1.29 is 9.53 Å². The topological polar surface area (TPSA) is 51.2 Å². The highest BCUT2D eigenvalue weighted by Crippen LogP contribution is 2.31. The normalized spacial score (nSPS) is 16.2.